The molecule has 1 amide bonds. The predicted octanol–water partition coefficient (Wildman–Crippen LogP) is 4.10. The van der Waals surface area contributed by atoms with Crippen molar-refractivity contribution in [3.8, 4) is 5.75 Å². The number of rotatable bonds is 7. The molecular formula is C19H21ClN2O4. The number of carboxylic acids is 1. The van der Waals surface area contributed by atoms with E-state index >= 15 is 0 Å². The molecule has 6 nitrogen and oxygen atoms in total. The van der Waals surface area contributed by atoms with Gasteiger partial charge in [0.05, 0.1) is 18.4 Å². The minimum Gasteiger partial charge on any atom is -0.495 e. The van der Waals surface area contributed by atoms with Crippen molar-refractivity contribution in [3.63, 3.8) is 0 Å². The molecule has 0 saturated carbocycles. The second kappa shape index (κ2) is 8.58. The lowest BCUT2D eigenvalue weighted by Crippen LogP contribution is -2.17. The molecular weight excluding hydrogens is 356 g/mol. The number of amides is 1. The Hall–Kier alpha value is -2.73. The van der Waals surface area contributed by atoms with Crippen molar-refractivity contribution >= 4 is 34.9 Å². The summed E-state index contributed by atoms with van der Waals surface area (Å²) in [6, 6.07) is 8.42. The first kappa shape index (κ1) is 19.6. The van der Waals surface area contributed by atoms with Gasteiger partial charge in [-0.25, -0.2) is 4.79 Å². The first-order chi connectivity index (χ1) is 12.3. The Morgan fingerprint density at radius 2 is 1.85 bits per heavy atom. The van der Waals surface area contributed by atoms with Crippen molar-refractivity contribution in [3.05, 3.63) is 52.0 Å². The molecule has 0 aliphatic carbocycles. The van der Waals surface area contributed by atoms with Gasteiger partial charge in [-0.05, 0) is 49.2 Å². The number of nitrogens with one attached hydrogen (secondary N) is 2. The van der Waals surface area contributed by atoms with Crippen LogP contribution in [0.2, 0.25) is 5.02 Å². The highest BCUT2D eigenvalue weighted by atomic mass is 35.5. The van der Waals surface area contributed by atoms with E-state index in [1.807, 2.05) is 6.92 Å². The molecule has 26 heavy (non-hydrogen) atoms. The van der Waals surface area contributed by atoms with Crippen LogP contribution >= 0.6 is 11.6 Å². The fraction of sp³-hybridized carbons (Fsp3) is 0.263. The minimum atomic E-state index is -1.02. The molecule has 0 heterocycles. The number of hydrogen-bond donors (Lipinski definition) is 3. The Labute approximate surface area is 157 Å². The Morgan fingerprint density at radius 1 is 1.12 bits per heavy atom. The van der Waals surface area contributed by atoms with E-state index in [0.717, 1.165) is 5.56 Å². The fourth-order valence-corrected chi connectivity index (χ4v) is 2.73. The SMILES string of the molecule is COc1ccc(Cl)cc1NCCC(=O)Nc1cc(C(=O)O)c(C)cc1C. The molecule has 0 saturated heterocycles. The minimum absolute atomic E-state index is 0.174. The average Bonchev–Trinajstić information content (AvgIpc) is 2.57. The van der Waals surface area contributed by atoms with Crippen LogP contribution in [0.15, 0.2) is 30.3 Å². The summed E-state index contributed by atoms with van der Waals surface area (Å²) in [6.45, 7) is 3.92. The zero-order chi connectivity index (χ0) is 19.3. The zero-order valence-corrected chi connectivity index (χ0v) is 15.6. The summed E-state index contributed by atoms with van der Waals surface area (Å²) in [4.78, 5) is 23.4. The number of benzene rings is 2. The van der Waals surface area contributed by atoms with E-state index in [2.05, 4.69) is 10.6 Å². The maximum Gasteiger partial charge on any atom is 0.336 e. The van der Waals surface area contributed by atoms with Gasteiger partial charge in [-0.3, -0.25) is 4.79 Å². The van der Waals surface area contributed by atoms with Crippen LogP contribution in [0, 0.1) is 13.8 Å². The lowest BCUT2D eigenvalue weighted by atomic mass is 10.0. The molecule has 0 unspecified atom stereocenters. The van der Waals surface area contributed by atoms with Crippen LogP contribution in [-0.2, 0) is 4.79 Å². The van der Waals surface area contributed by atoms with Gasteiger partial charge in [-0.15, -0.1) is 0 Å². The van der Waals surface area contributed by atoms with Crippen LogP contribution in [0.3, 0.4) is 0 Å². The van der Waals surface area contributed by atoms with Gasteiger partial charge in [0.15, 0.2) is 0 Å². The van der Waals surface area contributed by atoms with Gasteiger partial charge in [0.2, 0.25) is 5.91 Å². The Balaban J connectivity index is 1.99. The van der Waals surface area contributed by atoms with E-state index < -0.39 is 5.97 Å². The fourth-order valence-electron chi connectivity index (χ4n) is 2.56. The normalized spacial score (nSPS) is 10.3. The van der Waals surface area contributed by atoms with E-state index in [0.29, 0.717) is 34.3 Å². The third kappa shape index (κ3) is 4.89. The maximum absolute atomic E-state index is 12.2. The third-order valence-corrected chi connectivity index (χ3v) is 4.14. The average molecular weight is 377 g/mol. The summed E-state index contributed by atoms with van der Waals surface area (Å²) in [5.41, 5.74) is 2.84. The van der Waals surface area contributed by atoms with E-state index in [1.54, 1.807) is 38.3 Å². The van der Waals surface area contributed by atoms with Crippen molar-refractivity contribution in [2.45, 2.75) is 20.3 Å². The van der Waals surface area contributed by atoms with E-state index in [9.17, 15) is 14.7 Å². The van der Waals surface area contributed by atoms with E-state index in [4.69, 9.17) is 16.3 Å². The highest BCUT2D eigenvalue weighted by Gasteiger charge is 2.12. The van der Waals surface area contributed by atoms with Crippen LogP contribution in [0.1, 0.15) is 27.9 Å². The Morgan fingerprint density at radius 3 is 2.50 bits per heavy atom. The van der Waals surface area contributed by atoms with E-state index in [-0.39, 0.29) is 17.9 Å². The number of aryl methyl sites for hydroxylation is 2. The number of carbonyl (C=O) groups excluding carboxylic acids is 1. The number of methoxy groups -OCH3 is 1. The number of carbonyl (C=O) groups is 2. The monoisotopic (exact) mass is 376 g/mol. The van der Waals surface area contributed by atoms with Crippen molar-refractivity contribution in [1.29, 1.82) is 0 Å². The number of aromatic carboxylic acids is 1. The molecule has 7 heteroatoms. The molecule has 138 valence electrons. The Kier molecular flexibility index (Phi) is 6.46. The van der Waals surface area contributed by atoms with Crippen LogP contribution < -0.4 is 15.4 Å². The quantitative estimate of drug-likeness (QED) is 0.677. The highest BCUT2D eigenvalue weighted by molar-refractivity contribution is 6.30. The molecule has 0 aliphatic rings. The van der Waals surface area contributed by atoms with Gasteiger partial charge >= 0.3 is 5.97 Å². The summed E-state index contributed by atoms with van der Waals surface area (Å²) >= 11 is 5.97. The summed E-state index contributed by atoms with van der Waals surface area (Å²) in [6.07, 6.45) is 0.200. The molecule has 2 aromatic rings. The van der Waals surface area contributed by atoms with Gasteiger partial charge in [0.1, 0.15) is 5.75 Å². The molecule has 2 aromatic carbocycles. The molecule has 2 rings (SSSR count). The molecule has 0 atom stereocenters. The van der Waals surface area contributed by atoms with Crippen molar-refractivity contribution in [2.24, 2.45) is 0 Å². The number of carboxylic acid groups (broad SMARTS) is 1. The first-order valence-electron chi connectivity index (χ1n) is 8.03. The predicted molar refractivity (Wildman–Crippen MR) is 103 cm³/mol. The van der Waals surface area contributed by atoms with Gasteiger partial charge in [0.25, 0.3) is 0 Å². The molecule has 3 N–H and O–H groups in total. The molecule has 0 bridgehead atoms. The van der Waals surface area contributed by atoms with Crippen molar-refractivity contribution in [2.75, 3.05) is 24.3 Å². The number of ether oxygens (including phenoxy) is 1. The third-order valence-electron chi connectivity index (χ3n) is 3.90. The van der Waals surface area contributed by atoms with Crippen molar-refractivity contribution < 1.29 is 19.4 Å². The van der Waals surface area contributed by atoms with Crippen molar-refractivity contribution in [1.82, 2.24) is 0 Å². The number of hydrogen-bond acceptors (Lipinski definition) is 4. The molecule has 0 spiro atoms. The standard InChI is InChI=1S/C19H21ClN2O4/c1-11-8-12(2)15(10-14(11)19(24)25)22-18(23)6-7-21-16-9-13(20)4-5-17(16)26-3/h4-5,8-10,21H,6-7H2,1-3H3,(H,22,23)(H,24,25). The summed E-state index contributed by atoms with van der Waals surface area (Å²) in [7, 11) is 1.56. The summed E-state index contributed by atoms with van der Waals surface area (Å²) in [5.74, 6) is -0.607. The smallest absolute Gasteiger partial charge is 0.336 e. The van der Waals surface area contributed by atoms with Crippen LogP contribution in [-0.4, -0.2) is 30.6 Å². The second-order valence-corrected chi connectivity index (χ2v) is 6.29. The van der Waals surface area contributed by atoms with Crippen LogP contribution in [0.4, 0.5) is 11.4 Å². The lowest BCUT2D eigenvalue weighted by molar-refractivity contribution is -0.116. The maximum atomic E-state index is 12.2. The van der Waals surface area contributed by atoms with Gasteiger partial charge in [-0.2, -0.15) is 0 Å². The molecule has 0 fully saturated rings. The molecule has 0 radical (unpaired) electrons. The summed E-state index contributed by atoms with van der Waals surface area (Å²) in [5, 5.41) is 15.6. The molecule has 0 aliphatic heterocycles. The van der Waals surface area contributed by atoms with Crippen LogP contribution in [0.5, 0.6) is 5.75 Å². The zero-order valence-electron chi connectivity index (χ0n) is 14.9. The topological polar surface area (TPSA) is 87.7 Å². The second-order valence-electron chi connectivity index (χ2n) is 5.86. The van der Waals surface area contributed by atoms with Gasteiger partial charge in [-0.1, -0.05) is 17.7 Å². The van der Waals surface area contributed by atoms with E-state index in [1.165, 1.54) is 6.07 Å². The van der Waals surface area contributed by atoms with Gasteiger partial charge in [0, 0.05) is 23.7 Å². The molecule has 0 aromatic heterocycles. The first-order valence-corrected chi connectivity index (χ1v) is 8.41. The largest absolute Gasteiger partial charge is 0.495 e. The summed E-state index contributed by atoms with van der Waals surface area (Å²) < 4.78 is 5.24. The van der Waals surface area contributed by atoms with Crippen LogP contribution in [0.25, 0.3) is 0 Å². The highest BCUT2D eigenvalue weighted by Crippen LogP contribution is 2.27. The number of anilines is 2. The number of halogens is 1. The Bertz CT molecular complexity index is 837. The van der Waals surface area contributed by atoms with Gasteiger partial charge < -0.3 is 20.5 Å². The lowest BCUT2D eigenvalue weighted by Gasteiger charge is -2.13.